The molecule has 3 heteroatoms. The highest BCUT2D eigenvalue weighted by Crippen LogP contribution is 2.08. The highest BCUT2D eigenvalue weighted by atomic mass is 15.2. The molecule has 0 spiro atoms. The minimum Gasteiger partial charge on any atom is -0.314 e. The Morgan fingerprint density at radius 3 is 2.54 bits per heavy atom. The molecule has 2 aliphatic heterocycles. The molecule has 0 aliphatic carbocycles. The van der Waals surface area contributed by atoms with Crippen LogP contribution < -0.4 is 5.32 Å². The van der Waals surface area contributed by atoms with Crippen molar-refractivity contribution in [3.63, 3.8) is 0 Å². The number of hydrogen-bond acceptors (Lipinski definition) is 3. The van der Waals surface area contributed by atoms with Crippen LogP contribution in [0.1, 0.15) is 12.8 Å². The molecule has 0 aromatic rings. The van der Waals surface area contributed by atoms with Gasteiger partial charge in [0.15, 0.2) is 0 Å². The van der Waals surface area contributed by atoms with E-state index in [2.05, 4.69) is 22.2 Å². The van der Waals surface area contributed by atoms with Gasteiger partial charge in [0.05, 0.1) is 0 Å². The lowest BCUT2D eigenvalue weighted by atomic mass is 10.1. The minimum atomic E-state index is 0.808. The average molecular weight is 183 g/mol. The number of hydrogen-bond donors (Lipinski definition) is 1. The van der Waals surface area contributed by atoms with Crippen LogP contribution in [0, 0.1) is 0 Å². The molecule has 2 aliphatic rings. The van der Waals surface area contributed by atoms with Crippen LogP contribution in [0.25, 0.3) is 0 Å². The summed E-state index contributed by atoms with van der Waals surface area (Å²) in [4.78, 5) is 5.08. The second-order valence-corrected chi connectivity index (χ2v) is 4.34. The minimum absolute atomic E-state index is 0.808. The maximum absolute atomic E-state index is 3.31. The van der Waals surface area contributed by atoms with Crippen molar-refractivity contribution in [3.8, 4) is 0 Å². The van der Waals surface area contributed by atoms with Gasteiger partial charge in [-0.3, -0.25) is 4.90 Å². The predicted molar refractivity (Wildman–Crippen MR) is 55.0 cm³/mol. The fourth-order valence-electron chi connectivity index (χ4n) is 2.07. The molecule has 2 rings (SSSR count). The molecule has 1 N–H and O–H groups in total. The van der Waals surface area contributed by atoms with Crippen molar-refractivity contribution in [3.05, 3.63) is 0 Å². The van der Waals surface area contributed by atoms with E-state index in [0.717, 1.165) is 6.04 Å². The van der Waals surface area contributed by atoms with Gasteiger partial charge >= 0.3 is 0 Å². The molecular formula is C10H21N3. The van der Waals surface area contributed by atoms with Crippen molar-refractivity contribution in [2.75, 3.05) is 46.3 Å². The molecule has 2 heterocycles. The normalized spacial score (nSPS) is 25.4. The van der Waals surface area contributed by atoms with E-state index in [-0.39, 0.29) is 0 Å². The third-order valence-electron chi connectivity index (χ3n) is 3.35. The van der Waals surface area contributed by atoms with Crippen LogP contribution in [0.2, 0.25) is 0 Å². The van der Waals surface area contributed by atoms with Crippen molar-refractivity contribution in [2.24, 2.45) is 0 Å². The Kier molecular flexibility index (Phi) is 3.19. The zero-order valence-corrected chi connectivity index (χ0v) is 8.63. The summed E-state index contributed by atoms with van der Waals surface area (Å²) in [6.45, 7) is 7.56. The molecule has 0 unspecified atom stereocenters. The molecule has 3 nitrogen and oxygen atoms in total. The first-order valence-corrected chi connectivity index (χ1v) is 5.49. The van der Waals surface area contributed by atoms with Crippen molar-refractivity contribution >= 4 is 0 Å². The van der Waals surface area contributed by atoms with Crippen LogP contribution in [-0.4, -0.2) is 62.2 Å². The molecule has 2 fully saturated rings. The van der Waals surface area contributed by atoms with E-state index in [0.29, 0.717) is 0 Å². The number of likely N-dealkylation sites (N-methyl/N-ethyl adjacent to an activating group) is 1. The third-order valence-corrected chi connectivity index (χ3v) is 3.35. The number of likely N-dealkylation sites (tertiary alicyclic amines) is 1. The second-order valence-electron chi connectivity index (χ2n) is 4.34. The Morgan fingerprint density at radius 2 is 2.00 bits per heavy atom. The van der Waals surface area contributed by atoms with Gasteiger partial charge < -0.3 is 10.2 Å². The standard InChI is InChI=1S/C10H21N3/c1-12(10-8-11-9-10)6-7-13-4-2-3-5-13/h10-11H,2-9H2,1H3. The lowest BCUT2D eigenvalue weighted by Crippen LogP contribution is -2.56. The zero-order chi connectivity index (χ0) is 9.10. The first-order chi connectivity index (χ1) is 6.36. The molecule has 0 amide bonds. The molecule has 0 bridgehead atoms. The van der Waals surface area contributed by atoms with Gasteiger partial charge in [-0.15, -0.1) is 0 Å². The first-order valence-electron chi connectivity index (χ1n) is 5.49. The molecule has 0 aromatic heterocycles. The van der Waals surface area contributed by atoms with Crippen molar-refractivity contribution in [2.45, 2.75) is 18.9 Å². The van der Waals surface area contributed by atoms with Gasteiger partial charge in [-0.2, -0.15) is 0 Å². The Balaban J connectivity index is 1.60. The van der Waals surface area contributed by atoms with E-state index >= 15 is 0 Å². The summed E-state index contributed by atoms with van der Waals surface area (Å²) >= 11 is 0. The summed E-state index contributed by atoms with van der Waals surface area (Å²) in [5.74, 6) is 0. The monoisotopic (exact) mass is 183 g/mol. The smallest absolute Gasteiger partial charge is 0.0342 e. The van der Waals surface area contributed by atoms with Crippen molar-refractivity contribution in [1.29, 1.82) is 0 Å². The van der Waals surface area contributed by atoms with Crippen LogP contribution in [0.15, 0.2) is 0 Å². The Morgan fingerprint density at radius 1 is 1.31 bits per heavy atom. The third kappa shape index (κ3) is 2.42. The van der Waals surface area contributed by atoms with Crippen LogP contribution >= 0.6 is 0 Å². The first kappa shape index (κ1) is 9.44. The second kappa shape index (κ2) is 4.40. The Bertz CT molecular complexity index is 150. The van der Waals surface area contributed by atoms with Gasteiger partial charge in [0.1, 0.15) is 0 Å². The summed E-state index contributed by atoms with van der Waals surface area (Å²) in [7, 11) is 2.25. The van der Waals surface area contributed by atoms with Gasteiger partial charge in [0, 0.05) is 32.2 Å². The summed E-state index contributed by atoms with van der Waals surface area (Å²) in [5.41, 5.74) is 0. The molecular weight excluding hydrogens is 162 g/mol. The van der Waals surface area contributed by atoms with E-state index in [9.17, 15) is 0 Å². The SMILES string of the molecule is CN(CCN1CCCC1)C1CNC1. The van der Waals surface area contributed by atoms with Crippen LogP contribution in [0.5, 0.6) is 0 Å². The largest absolute Gasteiger partial charge is 0.314 e. The molecule has 76 valence electrons. The van der Waals surface area contributed by atoms with Gasteiger partial charge in [0.25, 0.3) is 0 Å². The van der Waals surface area contributed by atoms with E-state index in [1.54, 1.807) is 0 Å². The van der Waals surface area contributed by atoms with Gasteiger partial charge in [-0.1, -0.05) is 0 Å². The summed E-state index contributed by atoms with van der Waals surface area (Å²) < 4.78 is 0. The molecule has 0 radical (unpaired) electrons. The average Bonchev–Trinajstić information content (AvgIpc) is 2.49. The maximum atomic E-state index is 3.31. The lowest BCUT2D eigenvalue weighted by molar-refractivity contribution is 0.160. The van der Waals surface area contributed by atoms with Gasteiger partial charge in [0.2, 0.25) is 0 Å². The Labute approximate surface area is 81.1 Å². The summed E-state index contributed by atoms with van der Waals surface area (Å²) in [5, 5.41) is 3.31. The molecule has 0 saturated carbocycles. The van der Waals surface area contributed by atoms with Gasteiger partial charge in [-0.25, -0.2) is 0 Å². The van der Waals surface area contributed by atoms with Crippen LogP contribution in [0.4, 0.5) is 0 Å². The Hall–Kier alpha value is -0.120. The lowest BCUT2D eigenvalue weighted by Gasteiger charge is -2.36. The van der Waals surface area contributed by atoms with E-state index < -0.39 is 0 Å². The summed E-state index contributed by atoms with van der Waals surface area (Å²) in [6.07, 6.45) is 2.82. The number of nitrogens with zero attached hydrogens (tertiary/aromatic N) is 2. The predicted octanol–water partition coefficient (Wildman–Crippen LogP) is -0.0142. The summed E-state index contributed by atoms with van der Waals surface area (Å²) in [6, 6.07) is 0.808. The van der Waals surface area contributed by atoms with Crippen LogP contribution in [0.3, 0.4) is 0 Å². The highest BCUT2D eigenvalue weighted by molar-refractivity contribution is 4.83. The quantitative estimate of drug-likeness (QED) is 0.661. The highest BCUT2D eigenvalue weighted by Gasteiger charge is 2.21. The fourth-order valence-corrected chi connectivity index (χ4v) is 2.07. The zero-order valence-electron chi connectivity index (χ0n) is 8.63. The topological polar surface area (TPSA) is 18.5 Å². The number of nitrogens with one attached hydrogen (secondary N) is 1. The molecule has 13 heavy (non-hydrogen) atoms. The van der Waals surface area contributed by atoms with E-state index in [4.69, 9.17) is 0 Å². The van der Waals surface area contributed by atoms with E-state index in [1.165, 1.54) is 52.1 Å². The fraction of sp³-hybridized carbons (Fsp3) is 1.00. The van der Waals surface area contributed by atoms with Gasteiger partial charge in [-0.05, 0) is 33.0 Å². The number of rotatable bonds is 4. The molecule has 0 aromatic carbocycles. The van der Waals surface area contributed by atoms with Crippen LogP contribution in [-0.2, 0) is 0 Å². The molecule has 2 saturated heterocycles. The maximum Gasteiger partial charge on any atom is 0.0342 e. The van der Waals surface area contributed by atoms with Crippen molar-refractivity contribution < 1.29 is 0 Å². The molecule has 0 atom stereocenters. The van der Waals surface area contributed by atoms with E-state index in [1.807, 2.05) is 0 Å². The van der Waals surface area contributed by atoms with Crippen molar-refractivity contribution in [1.82, 2.24) is 15.1 Å².